The van der Waals surface area contributed by atoms with Crippen LogP contribution in [-0.2, 0) is 11.0 Å². The van der Waals surface area contributed by atoms with E-state index in [-0.39, 0.29) is 0 Å². The molecule has 9 heteroatoms. The summed E-state index contributed by atoms with van der Waals surface area (Å²) in [4.78, 5) is 23.1. The van der Waals surface area contributed by atoms with Crippen molar-refractivity contribution >= 4 is 11.8 Å². The number of halogens is 3. The number of anilines is 1. The summed E-state index contributed by atoms with van der Waals surface area (Å²) in [5.41, 5.74) is 0.585. The van der Waals surface area contributed by atoms with Crippen LogP contribution < -0.4 is 4.90 Å². The zero-order valence-corrected chi connectivity index (χ0v) is 24.0. The minimum atomic E-state index is -4.37. The lowest BCUT2D eigenvalue weighted by Gasteiger charge is -2.35. The number of hydrogen-bond donors (Lipinski definition) is 1. The third-order valence-corrected chi connectivity index (χ3v) is 9.74. The highest BCUT2D eigenvalue weighted by Crippen LogP contribution is 2.38. The molecular formula is C32H43F3N4O2. The summed E-state index contributed by atoms with van der Waals surface area (Å²) in [5.74, 6) is 1.74. The Morgan fingerprint density at radius 1 is 1.05 bits per heavy atom. The van der Waals surface area contributed by atoms with Crippen molar-refractivity contribution in [3.05, 3.63) is 59.8 Å². The maximum absolute atomic E-state index is 12.8. The van der Waals surface area contributed by atoms with Crippen molar-refractivity contribution in [1.29, 1.82) is 0 Å². The molecule has 2 aliphatic heterocycles. The van der Waals surface area contributed by atoms with Crippen LogP contribution in [0.15, 0.2) is 48.7 Å². The molecule has 41 heavy (non-hydrogen) atoms. The first-order valence-corrected chi connectivity index (χ1v) is 15.2. The van der Waals surface area contributed by atoms with Crippen LogP contribution in [0.5, 0.6) is 0 Å². The molecular weight excluding hydrogens is 529 g/mol. The van der Waals surface area contributed by atoms with E-state index >= 15 is 0 Å². The fourth-order valence-corrected chi connectivity index (χ4v) is 6.93. The first-order chi connectivity index (χ1) is 19.7. The van der Waals surface area contributed by atoms with Crippen molar-refractivity contribution in [2.75, 3.05) is 51.2 Å². The number of carboxylic acids is 1. The quantitative estimate of drug-likeness (QED) is 0.357. The molecule has 6 nitrogen and oxygen atoms in total. The van der Waals surface area contributed by atoms with Crippen LogP contribution in [0.2, 0.25) is 0 Å². The van der Waals surface area contributed by atoms with Gasteiger partial charge in [-0.1, -0.05) is 49.6 Å². The summed E-state index contributed by atoms with van der Waals surface area (Å²) in [6.07, 6.45) is 4.03. The first kappa shape index (κ1) is 29.8. The number of alkyl halides is 3. The van der Waals surface area contributed by atoms with Crippen LogP contribution in [0.25, 0.3) is 0 Å². The Morgan fingerprint density at radius 3 is 2.37 bits per heavy atom. The maximum Gasteiger partial charge on any atom is 0.417 e. The topological polar surface area (TPSA) is 59.9 Å². The lowest BCUT2D eigenvalue weighted by Crippen LogP contribution is -2.43. The Morgan fingerprint density at radius 2 is 1.78 bits per heavy atom. The predicted octanol–water partition coefficient (Wildman–Crippen LogP) is 6.00. The summed E-state index contributed by atoms with van der Waals surface area (Å²) >= 11 is 0. The normalized spacial score (nSPS) is 23.8. The zero-order valence-electron chi connectivity index (χ0n) is 24.0. The highest BCUT2D eigenvalue weighted by molar-refractivity contribution is 5.73. The van der Waals surface area contributed by atoms with Gasteiger partial charge in [0.15, 0.2) is 0 Å². The molecule has 3 atom stereocenters. The third kappa shape index (κ3) is 7.60. The lowest BCUT2D eigenvalue weighted by molar-refractivity contribution is -0.144. The van der Waals surface area contributed by atoms with Gasteiger partial charge in [0, 0.05) is 45.3 Å². The lowest BCUT2D eigenvalue weighted by atomic mass is 9.80. The fraction of sp³-hybridized carbons (Fsp3) is 0.625. The van der Waals surface area contributed by atoms with Gasteiger partial charge in [-0.15, -0.1) is 0 Å². The smallest absolute Gasteiger partial charge is 0.417 e. The van der Waals surface area contributed by atoms with Crippen LogP contribution in [-0.4, -0.2) is 78.2 Å². The number of carboxylic acid groups (broad SMARTS) is 1. The molecule has 1 saturated carbocycles. The molecule has 1 aromatic carbocycles. The molecule has 0 unspecified atom stereocenters. The van der Waals surface area contributed by atoms with E-state index in [0.717, 1.165) is 90.1 Å². The van der Waals surface area contributed by atoms with Gasteiger partial charge >= 0.3 is 12.1 Å². The highest BCUT2D eigenvalue weighted by atomic mass is 19.4. The van der Waals surface area contributed by atoms with Gasteiger partial charge in [-0.05, 0) is 74.2 Å². The number of aromatic nitrogens is 1. The Kier molecular flexibility index (Phi) is 9.54. The van der Waals surface area contributed by atoms with Gasteiger partial charge in [-0.25, -0.2) is 4.98 Å². The Hall–Kier alpha value is -2.65. The van der Waals surface area contributed by atoms with Crippen LogP contribution in [0.4, 0.5) is 19.0 Å². The summed E-state index contributed by atoms with van der Waals surface area (Å²) in [6.45, 7) is 5.42. The minimum absolute atomic E-state index is 0.335. The molecule has 224 valence electrons. The third-order valence-electron chi connectivity index (χ3n) is 9.74. The maximum atomic E-state index is 12.8. The first-order valence-electron chi connectivity index (χ1n) is 15.2. The number of carbonyl (C=O) groups is 1. The van der Waals surface area contributed by atoms with E-state index in [1.807, 2.05) is 18.0 Å². The van der Waals surface area contributed by atoms with Crippen LogP contribution in [0.1, 0.15) is 62.0 Å². The number of piperidine rings is 1. The number of rotatable bonds is 11. The van der Waals surface area contributed by atoms with E-state index in [0.29, 0.717) is 29.5 Å². The molecule has 3 fully saturated rings. The van der Waals surface area contributed by atoms with E-state index in [2.05, 4.69) is 39.0 Å². The van der Waals surface area contributed by atoms with Crippen molar-refractivity contribution in [3.63, 3.8) is 0 Å². The zero-order chi connectivity index (χ0) is 29.0. The molecule has 3 aliphatic rings. The number of pyridine rings is 1. The van der Waals surface area contributed by atoms with Crippen LogP contribution in [0, 0.1) is 17.8 Å². The monoisotopic (exact) mass is 572 g/mol. The molecule has 1 aliphatic carbocycles. The van der Waals surface area contributed by atoms with E-state index in [1.54, 1.807) is 0 Å². The summed E-state index contributed by atoms with van der Waals surface area (Å²) in [7, 11) is 1.88. The van der Waals surface area contributed by atoms with Crippen molar-refractivity contribution < 1.29 is 23.1 Å². The molecule has 0 radical (unpaired) electrons. The van der Waals surface area contributed by atoms with Gasteiger partial charge in [0.25, 0.3) is 0 Å². The standard InChI is InChI=1S/C32H43F3N4O2/c1-37(30-11-10-27(19-36-30)32(33,34)35)15-12-23-13-16-38(17-14-23)20-26-21-39(22-28(26)25-8-3-2-4-9-25)29(31(40)41)18-24-6-5-7-24/h2-4,8-11,19,23-24,26,28-29H,5-7,12-18,20-22H2,1H3,(H,40,41)/t26-,28+,29+/m0/s1. The summed E-state index contributed by atoms with van der Waals surface area (Å²) in [5, 5.41) is 10.1. The summed E-state index contributed by atoms with van der Waals surface area (Å²) in [6, 6.07) is 12.7. The molecule has 0 spiro atoms. The Bertz CT molecular complexity index is 1120. The van der Waals surface area contributed by atoms with Crippen LogP contribution >= 0.6 is 0 Å². The molecule has 2 aromatic rings. The van der Waals surface area contributed by atoms with Gasteiger partial charge in [0.05, 0.1) is 5.56 Å². The van der Waals surface area contributed by atoms with Crippen molar-refractivity contribution in [2.24, 2.45) is 17.8 Å². The molecule has 1 aromatic heterocycles. The molecule has 5 rings (SSSR count). The highest BCUT2D eigenvalue weighted by Gasteiger charge is 2.41. The number of aliphatic carboxylic acids is 1. The Balaban J connectivity index is 1.13. The van der Waals surface area contributed by atoms with E-state index in [1.165, 1.54) is 18.1 Å². The van der Waals surface area contributed by atoms with Crippen LogP contribution in [0.3, 0.4) is 0 Å². The predicted molar refractivity (Wildman–Crippen MR) is 154 cm³/mol. The largest absolute Gasteiger partial charge is 0.480 e. The van der Waals surface area contributed by atoms with Crippen molar-refractivity contribution in [2.45, 2.75) is 63.1 Å². The van der Waals surface area contributed by atoms with Gasteiger partial charge in [0.2, 0.25) is 0 Å². The molecule has 0 amide bonds. The van der Waals surface area contributed by atoms with Gasteiger partial charge in [-0.3, -0.25) is 9.69 Å². The number of hydrogen-bond acceptors (Lipinski definition) is 5. The molecule has 0 bridgehead atoms. The number of nitrogens with zero attached hydrogens (tertiary/aromatic N) is 4. The molecule has 2 saturated heterocycles. The average molecular weight is 573 g/mol. The second-order valence-electron chi connectivity index (χ2n) is 12.5. The average Bonchev–Trinajstić information content (AvgIpc) is 3.35. The molecule has 1 N–H and O–H groups in total. The number of likely N-dealkylation sites (tertiary alicyclic amines) is 2. The van der Waals surface area contributed by atoms with Gasteiger partial charge in [0.1, 0.15) is 11.9 Å². The second kappa shape index (κ2) is 13.1. The summed E-state index contributed by atoms with van der Waals surface area (Å²) < 4.78 is 38.5. The Labute approximate surface area is 241 Å². The minimum Gasteiger partial charge on any atom is -0.480 e. The fourth-order valence-electron chi connectivity index (χ4n) is 6.93. The van der Waals surface area contributed by atoms with Gasteiger partial charge in [-0.2, -0.15) is 13.2 Å². The number of benzene rings is 1. The van der Waals surface area contributed by atoms with E-state index in [9.17, 15) is 23.1 Å². The van der Waals surface area contributed by atoms with Crippen molar-refractivity contribution in [1.82, 2.24) is 14.8 Å². The van der Waals surface area contributed by atoms with E-state index < -0.39 is 23.8 Å². The second-order valence-corrected chi connectivity index (χ2v) is 12.5. The van der Waals surface area contributed by atoms with Crippen molar-refractivity contribution in [3.8, 4) is 0 Å². The molecule has 3 heterocycles. The van der Waals surface area contributed by atoms with E-state index in [4.69, 9.17) is 0 Å². The van der Waals surface area contributed by atoms with Gasteiger partial charge < -0.3 is 14.9 Å². The SMILES string of the molecule is CN(CCC1CCN(C[C@H]2CN([C@H](CC3CCC3)C(=O)O)C[C@@H]2c2ccccc2)CC1)c1ccc(C(F)(F)F)cn1.